The third kappa shape index (κ3) is 6.49. The Kier molecular flexibility index (Phi) is 8.94. The van der Waals surface area contributed by atoms with Crippen LogP contribution < -0.4 is 0 Å². The van der Waals surface area contributed by atoms with Crippen molar-refractivity contribution in [2.75, 3.05) is 32.7 Å². The lowest BCUT2D eigenvalue weighted by molar-refractivity contribution is 0.0951. The fourth-order valence-electron chi connectivity index (χ4n) is 5.60. The zero-order valence-electron chi connectivity index (χ0n) is 19.1. The zero-order chi connectivity index (χ0) is 22.5. The van der Waals surface area contributed by atoms with E-state index in [1.165, 1.54) is 31.5 Å². The lowest BCUT2D eigenvalue weighted by Gasteiger charge is -2.35. The van der Waals surface area contributed by atoms with Gasteiger partial charge in [-0.2, -0.15) is 11.3 Å². The number of piperidine rings is 1. The van der Waals surface area contributed by atoms with Crippen molar-refractivity contribution in [3.05, 3.63) is 56.2 Å². The molecule has 2 saturated heterocycles. The Morgan fingerprint density at radius 1 is 1.12 bits per heavy atom. The van der Waals surface area contributed by atoms with Crippen molar-refractivity contribution in [1.82, 2.24) is 9.80 Å². The van der Waals surface area contributed by atoms with E-state index in [9.17, 15) is 5.11 Å². The summed E-state index contributed by atoms with van der Waals surface area (Å²) in [4.78, 5) is 5.24. The van der Waals surface area contributed by atoms with Gasteiger partial charge in [0.15, 0.2) is 0 Å². The normalized spacial score (nSPS) is 24.2. The van der Waals surface area contributed by atoms with Gasteiger partial charge in [0, 0.05) is 42.1 Å². The van der Waals surface area contributed by atoms with Crippen LogP contribution in [0.15, 0.2) is 35.0 Å². The van der Waals surface area contributed by atoms with E-state index in [1.807, 2.05) is 12.1 Å². The van der Waals surface area contributed by atoms with Crippen molar-refractivity contribution >= 4 is 34.5 Å². The van der Waals surface area contributed by atoms with Gasteiger partial charge in [0.05, 0.1) is 6.10 Å². The highest BCUT2D eigenvalue weighted by Gasteiger charge is 2.36. The number of thiophene rings is 1. The molecule has 0 radical (unpaired) electrons. The number of likely N-dealkylation sites (tertiary alicyclic amines) is 2. The van der Waals surface area contributed by atoms with Gasteiger partial charge in [-0.25, -0.2) is 0 Å². The minimum Gasteiger partial charge on any atom is -0.393 e. The molecular formula is C26H36Cl2N2OS. The highest BCUT2D eigenvalue weighted by molar-refractivity contribution is 7.08. The smallest absolute Gasteiger partial charge is 0.0542 e. The molecule has 2 aliphatic heterocycles. The third-order valence-electron chi connectivity index (χ3n) is 7.32. The van der Waals surface area contributed by atoms with Gasteiger partial charge in [-0.3, -0.25) is 4.90 Å². The largest absolute Gasteiger partial charge is 0.393 e. The van der Waals surface area contributed by atoms with Gasteiger partial charge in [-0.15, -0.1) is 0 Å². The quantitative estimate of drug-likeness (QED) is 0.428. The maximum atomic E-state index is 10.2. The summed E-state index contributed by atoms with van der Waals surface area (Å²) >= 11 is 14.4. The number of aliphatic hydroxyl groups excluding tert-OH is 1. The molecule has 0 aliphatic carbocycles. The van der Waals surface area contributed by atoms with Crippen molar-refractivity contribution in [2.45, 2.75) is 57.6 Å². The summed E-state index contributed by atoms with van der Waals surface area (Å²) in [5, 5.41) is 16.2. The SMILES string of the molecule is CCC[C@H](O)CC1CCN(CC2CN(Cc3ccc(Cl)cc3Cl)CC2c2ccsc2)CC1. The Bertz CT molecular complexity index is 838. The Balaban J connectivity index is 1.35. The molecule has 0 spiro atoms. The molecule has 0 saturated carbocycles. The van der Waals surface area contributed by atoms with E-state index >= 15 is 0 Å². The molecule has 32 heavy (non-hydrogen) atoms. The van der Waals surface area contributed by atoms with E-state index in [4.69, 9.17) is 23.2 Å². The standard InChI is InChI=1S/C26H36Cl2N2OS/c1-2-3-24(31)12-19-6-9-29(10-7-19)15-22-16-30(17-25(22)21-8-11-32-18-21)14-20-4-5-23(27)13-26(20)28/h4-5,8,11,13,18-19,22,24-25,31H,2-3,6-7,9-10,12,14-17H2,1H3/t22?,24-,25?/m0/s1. The maximum absolute atomic E-state index is 10.2. The molecule has 2 fully saturated rings. The molecule has 2 unspecified atom stereocenters. The van der Waals surface area contributed by atoms with Crippen molar-refractivity contribution < 1.29 is 5.11 Å². The van der Waals surface area contributed by atoms with E-state index in [-0.39, 0.29) is 6.10 Å². The molecule has 4 rings (SSSR count). The van der Waals surface area contributed by atoms with E-state index in [0.29, 0.717) is 22.8 Å². The minimum atomic E-state index is -0.109. The summed E-state index contributed by atoms with van der Waals surface area (Å²) in [5.41, 5.74) is 2.65. The summed E-state index contributed by atoms with van der Waals surface area (Å²) in [6, 6.07) is 8.16. The van der Waals surface area contributed by atoms with E-state index in [0.717, 1.165) is 56.0 Å². The predicted octanol–water partition coefficient (Wildman–Crippen LogP) is 6.53. The van der Waals surface area contributed by atoms with Gasteiger partial charge in [-0.1, -0.05) is 42.6 Å². The molecule has 3 atom stereocenters. The van der Waals surface area contributed by atoms with Gasteiger partial charge in [0.2, 0.25) is 0 Å². The van der Waals surface area contributed by atoms with Crippen LogP contribution in [-0.4, -0.2) is 53.7 Å². The highest BCUT2D eigenvalue weighted by Crippen LogP contribution is 2.37. The maximum Gasteiger partial charge on any atom is 0.0542 e. The Morgan fingerprint density at radius 2 is 1.94 bits per heavy atom. The number of hydrogen-bond acceptors (Lipinski definition) is 4. The van der Waals surface area contributed by atoms with E-state index in [1.54, 1.807) is 11.3 Å². The lowest BCUT2D eigenvalue weighted by atomic mass is 9.87. The molecular weight excluding hydrogens is 459 g/mol. The summed E-state index contributed by atoms with van der Waals surface area (Å²) in [6.07, 6.45) is 5.34. The van der Waals surface area contributed by atoms with Crippen molar-refractivity contribution in [2.24, 2.45) is 11.8 Å². The Hall–Kier alpha value is -0.620. The fraction of sp³-hybridized carbons (Fsp3) is 0.615. The van der Waals surface area contributed by atoms with E-state index < -0.39 is 0 Å². The molecule has 3 heterocycles. The number of rotatable bonds is 9. The molecule has 1 aromatic heterocycles. The Labute approximate surface area is 207 Å². The number of nitrogens with zero attached hydrogens (tertiary/aromatic N) is 2. The fourth-order valence-corrected chi connectivity index (χ4v) is 6.79. The third-order valence-corrected chi connectivity index (χ3v) is 8.61. The second-order valence-corrected chi connectivity index (χ2v) is 11.4. The van der Waals surface area contributed by atoms with Gasteiger partial charge < -0.3 is 10.0 Å². The molecule has 3 nitrogen and oxygen atoms in total. The van der Waals surface area contributed by atoms with Crippen LogP contribution in [0, 0.1) is 11.8 Å². The molecule has 2 aromatic rings. The van der Waals surface area contributed by atoms with Gasteiger partial charge in [0.1, 0.15) is 0 Å². The number of benzene rings is 1. The Morgan fingerprint density at radius 3 is 2.62 bits per heavy atom. The molecule has 176 valence electrons. The second kappa shape index (κ2) is 11.7. The van der Waals surface area contributed by atoms with Crippen LogP contribution in [-0.2, 0) is 6.54 Å². The first-order chi connectivity index (χ1) is 15.5. The van der Waals surface area contributed by atoms with Crippen LogP contribution in [0.25, 0.3) is 0 Å². The second-order valence-electron chi connectivity index (χ2n) is 9.78. The van der Waals surface area contributed by atoms with Crippen LogP contribution >= 0.6 is 34.5 Å². The average molecular weight is 496 g/mol. The van der Waals surface area contributed by atoms with Crippen molar-refractivity contribution in [3.63, 3.8) is 0 Å². The summed E-state index contributed by atoms with van der Waals surface area (Å²) in [7, 11) is 0. The van der Waals surface area contributed by atoms with E-state index in [2.05, 4.69) is 39.6 Å². The number of aliphatic hydroxyl groups is 1. The summed E-state index contributed by atoms with van der Waals surface area (Å²) in [5.74, 6) is 1.90. The number of halogens is 2. The van der Waals surface area contributed by atoms with Gasteiger partial charge in [0.25, 0.3) is 0 Å². The molecule has 0 bridgehead atoms. The van der Waals surface area contributed by atoms with Crippen LogP contribution in [0.3, 0.4) is 0 Å². The minimum absolute atomic E-state index is 0.109. The van der Waals surface area contributed by atoms with Crippen LogP contribution in [0.2, 0.25) is 10.0 Å². The topological polar surface area (TPSA) is 26.7 Å². The molecule has 2 aliphatic rings. The first-order valence-corrected chi connectivity index (χ1v) is 13.8. The van der Waals surface area contributed by atoms with Gasteiger partial charge >= 0.3 is 0 Å². The van der Waals surface area contributed by atoms with Crippen LogP contribution in [0.1, 0.15) is 56.1 Å². The van der Waals surface area contributed by atoms with Crippen molar-refractivity contribution in [1.29, 1.82) is 0 Å². The van der Waals surface area contributed by atoms with Gasteiger partial charge in [-0.05, 0) is 90.7 Å². The highest BCUT2D eigenvalue weighted by atomic mass is 35.5. The zero-order valence-corrected chi connectivity index (χ0v) is 21.4. The van der Waals surface area contributed by atoms with Crippen molar-refractivity contribution in [3.8, 4) is 0 Å². The first-order valence-electron chi connectivity index (χ1n) is 12.1. The van der Waals surface area contributed by atoms with Crippen LogP contribution in [0.5, 0.6) is 0 Å². The lowest BCUT2D eigenvalue weighted by Crippen LogP contribution is -2.39. The molecule has 1 aromatic carbocycles. The molecule has 0 amide bonds. The summed E-state index contributed by atoms with van der Waals surface area (Å²) in [6.45, 7) is 8.72. The molecule has 6 heteroatoms. The predicted molar refractivity (Wildman–Crippen MR) is 137 cm³/mol. The van der Waals surface area contributed by atoms with Crippen LogP contribution in [0.4, 0.5) is 0 Å². The average Bonchev–Trinajstić information content (AvgIpc) is 3.42. The monoisotopic (exact) mass is 494 g/mol. The first kappa shape index (κ1) is 24.5. The molecule has 1 N–H and O–H groups in total. The number of hydrogen-bond donors (Lipinski definition) is 1. The summed E-state index contributed by atoms with van der Waals surface area (Å²) < 4.78 is 0.